The number of methoxy groups -OCH3 is 1. The van der Waals surface area contributed by atoms with Gasteiger partial charge in [0.05, 0.1) is 18.7 Å². The lowest BCUT2D eigenvalue weighted by molar-refractivity contribution is 0.402. The van der Waals surface area contributed by atoms with E-state index in [2.05, 4.69) is 0 Å². The van der Waals surface area contributed by atoms with Crippen LogP contribution in [0.2, 0.25) is 0 Å². The average molecular weight is 292 g/mol. The zero-order valence-electron chi connectivity index (χ0n) is 11.7. The Hall–Kier alpha value is -3.44. The number of phenols is 2. The minimum Gasteiger partial charge on any atom is -0.504 e. The lowest BCUT2D eigenvalue weighted by atomic mass is 9.99. The van der Waals surface area contributed by atoms with Crippen molar-refractivity contribution >= 4 is 12.2 Å². The second-order valence-electron chi connectivity index (χ2n) is 4.41. The van der Waals surface area contributed by atoms with Gasteiger partial charge < -0.3 is 14.9 Å². The molecule has 2 rings (SSSR count). The summed E-state index contributed by atoms with van der Waals surface area (Å²) < 4.78 is 5.06. The number of aromatic hydroxyl groups is 2. The highest BCUT2D eigenvalue weighted by molar-refractivity contribution is 5.79. The number of phenolic OH excluding ortho intramolecular Hbond substituents is 2. The van der Waals surface area contributed by atoms with Crippen LogP contribution in [0.1, 0.15) is 22.3 Å². The van der Waals surface area contributed by atoms with E-state index in [1.54, 1.807) is 37.5 Å². The molecule has 0 aliphatic heterocycles. The number of nitrogens with zero attached hydrogens (tertiary/aromatic N) is 2. The molecule has 0 aromatic heterocycles. The lowest BCUT2D eigenvalue weighted by Gasteiger charge is -2.06. The Morgan fingerprint density at radius 3 is 2.27 bits per heavy atom. The van der Waals surface area contributed by atoms with E-state index >= 15 is 0 Å². The molecule has 0 aliphatic carbocycles. The summed E-state index contributed by atoms with van der Waals surface area (Å²) in [5.41, 5.74) is 1.06. The van der Waals surface area contributed by atoms with Crippen LogP contribution < -0.4 is 4.74 Å². The molecule has 0 bridgehead atoms. The Morgan fingerprint density at radius 2 is 1.73 bits per heavy atom. The second kappa shape index (κ2) is 6.34. The fourth-order valence-corrected chi connectivity index (χ4v) is 1.95. The van der Waals surface area contributed by atoms with Gasteiger partial charge in [-0.25, -0.2) is 0 Å². The van der Waals surface area contributed by atoms with E-state index in [9.17, 15) is 10.2 Å². The first-order valence-electron chi connectivity index (χ1n) is 6.32. The first-order valence-corrected chi connectivity index (χ1v) is 6.32. The molecule has 0 amide bonds. The molecule has 0 unspecified atom stereocenters. The SMILES string of the molecule is COc1ccc(C=Cc2c(C#N)cc(O)c(O)c2C#N)cc1. The quantitative estimate of drug-likeness (QED) is 0.669. The second-order valence-corrected chi connectivity index (χ2v) is 4.41. The average Bonchev–Trinajstić information content (AvgIpc) is 2.55. The standard InChI is InChI=1S/C17H12N2O3/c1-22-13-5-2-11(3-6-13)4-7-14-12(9-18)8-16(20)17(21)15(14)10-19/h2-8,20-21H,1H3. The summed E-state index contributed by atoms with van der Waals surface area (Å²) in [6, 6.07) is 12.0. The van der Waals surface area contributed by atoms with Crippen LogP contribution >= 0.6 is 0 Å². The van der Waals surface area contributed by atoms with Crippen molar-refractivity contribution in [1.82, 2.24) is 0 Å². The smallest absolute Gasteiger partial charge is 0.176 e. The minimum atomic E-state index is -0.532. The fraction of sp³-hybridized carbons (Fsp3) is 0.0588. The number of hydrogen-bond acceptors (Lipinski definition) is 5. The van der Waals surface area contributed by atoms with Gasteiger partial charge in [-0.05, 0) is 17.7 Å². The number of nitriles is 2. The molecule has 5 nitrogen and oxygen atoms in total. The van der Waals surface area contributed by atoms with Crippen LogP contribution in [-0.4, -0.2) is 17.3 Å². The first-order chi connectivity index (χ1) is 10.6. The summed E-state index contributed by atoms with van der Waals surface area (Å²) >= 11 is 0. The van der Waals surface area contributed by atoms with Crippen molar-refractivity contribution in [3.05, 3.63) is 52.6 Å². The van der Waals surface area contributed by atoms with Crippen LogP contribution in [0, 0.1) is 22.7 Å². The molecule has 5 heteroatoms. The van der Waals surface area contributed by atoms with Gasteiger partial charge in [0.15, 0.2) is 11.5 Å². The van der Waals surface area contributed by atoms with Crippen LogP contribution in [0.3, 0.4) is 0 Å². The predicted molar refractivity (Wildman–Crippen MR) is 81.1 cm³/mol. The molecule has 0 fully saturated rings. The van der Waals surface area contributed by atoms with Gasteiger partial charge in [0.1, 0.15) is 17.4 Å². The number of benzene rings is 2. The largest absolute Gasteiger partial charge is 0.504 e. The highest BCUT2D eigenvalue weighted by Crippen LogP contribution is 2.34. The highest BCUT2D eigenvalue weighted by atomic mass is 16.5. The highest BCUT2D eigenvalue weighted by Gasteiger charge is 2.15. The molecular formula is C17H12N2O3. The van der Waals surface area contributed by atoms with Crippen molar-refractivity contribution in [3.8, 4) is 29.4 Å². The van der Waals surface area contributed by atoms with Gasteiger partial charge in [0.25, 0.3) is 0 Å². The van der Waals surface area contributed by atoms with Crippen molar-refractivity contribution in [2.45, 2.75) is 0 Å². The molecule has 108 valence electrons. The third kappa shape index (κ3) is 2.84. The van der Waals surface area contributed by atoms with E-state index < -0.39 is 11.5 Å². The van der Waals surface area contributed by atoms with E-state index in [4.69, 9.17) is 15.3 Å². The summed E-state index contributed by atoms with van der Waals surface area (Å²) in [6.07, 6.45) is 3.25. The zero-order chi connectivity index (χ0) is 16.1. The Labute approximate surface area is 127 Å². The number of hydrogen-bond donors (Lipinski definition) is 2. The third-order valence-electron chi connectivity index (χ3n) is 3.11. The third-order valence-corrected chi connectivity index (χ3v) is 3.11. The number of ether oxygens (including phenoxy) is 1. The zero-order valence-corrected chi connectivity index (χ0v) is 11.7. The van der Waals surface area contributed by atoms with Crippen molar-refractivity contribution in [1.29, 1.82) is 10.5 Å². The molecule has 0 saturated heterocycles. The van der Waals surface area contributed by atoms with E-state index in [0.29, 0.717) is 0 Å². The topological polar surface area (TPSA) is 97.3 Å². The van der Waals surface area contributed by atoms with E-state index in [1.807, 2.05) is 18.2 Å². The van der Waals surface area contributed by atoms with E-state index in [0.717, 1.165) is 17.4 Å². The molecular weight excluding hydrogens is 280 g/mol. The summed E-state index contributed by atoms with van der Waals surface area (Å²) in [7, 11) is 1.57. The first kappa shape index (κ1) is 15.0. The van der Waals surface area contributed by atoms with Gasteiger partial charge in [-0.3, -0.25) is 0 Å². The van der Waals surface area contributed by atoms with Crippen LogP contribution in [0.25, 0.3) is 12.2 Å². The van der Waals surface area contributed by atoms with Crippen LogP contribution in [0.5, 0.6) is 17.2 Å². The van der Waals surface area contributed by atoms with Crippen molar-refractivity contribution in [3.63, 3.8) is 0 Å². The molecule has 0 saturated carbocycles. The Balaban J connectivity index is 2.48. The Bertz CT molecular complexity index is 810. The summed E-state index contributed by atoms with van der Waals surface area (Å²) in [6.45, 7) is 0. The van der Waals surface area contributed by atoms with Crippen LogP contribution in [0.15, 0.2) is 30.3 Å². The summed E-state index contributed by atoms with van der Waals surface area (Å²) in [4.78, 5) is 0. The van der Waals surface area contributed by atoms with E-state index in [1.165, 1.54) is 0 Å². The maximum atomic E-state index is 9.73. The molecule has 22 heavy (non-hydrogen) atoms. The van der Waals surface area contributed by atoms with Crippen LogP contribution in [-0.2, 0) is 0 Å². The van der Waals surface area contributed by atoms with Gasteiger partial charge in [0.2, 0.25) is 0 Å². The molecule has 2 N–H and O–H groups in total. The van der Waals surface area contributed by atoms with Crippen LogP contribution in [0.4, 0.5) is 0 Å². The molecule has 0 spiro atoms. The molecule has 2 aromatic carbocycles. The summed E-state index contributed by atoms with van der Waals surface area (Å²) in [5, 5.41) is 37.5. The summed E-state index contributed by atoms with van der Waals surface area (Å²) in [5.74, 6) is -0.305. The monoisotopic (exact) mass is 292 g/mol. The minimum absolute atomic E-state index is 0.108. The van der Waals surface area contributed by atoms with Gasteiger partial charge in [-0.1, -0.05) is 24.3 Å². The van der Waals surface area contributed by atoms with E-state index in [-0.39, 0.29) is 16.7 Å². The molecule has 0 atom stereocenters. The molecule has 0 radical (unpaired) electrons. The number of rotatable bonds is 3. The van der Waals surface area contributed by atoms with Crippen molar-refractivity contribution < 1.29 is 14.9 Å². The molecule has 0 heterocycles. The predicted octanol–water partition coefficient (Wildman–Crippen LogP) is 3.02. The molecule has 2 aromatic rings. The fourth-order valence-electron chi connectivity index (χ4n) is 1.95. The van der Waals surface area contributed by atoms with Gasteiger partial charge in [0, 0.05) is 11.6 Å². The van der Waals surface area contributed by atoms with Crippen molar-refractivity contribution in [2.24, 2.45) is 0 Å². The Morgan fingerprint density at radius 1 is 1.05 bits per heavy atom. The maximum absolute atomic E-state index is 9.73. The lowest BCUT2D eigenvalue weighted by Crippen LogP contribution is -1.90. The van der Waals surface area contributed by atoms with Gasteiger partial charge >= 0.3 is 0 Å². The van der Waals surface area contributed by atoms with Gasteiger partial charge in [-0.15, -0.1) is 0 Å². The maximum Gasteiger partial charge on any atom is 0.176 e. The normalized spacial score (nSPS) is 10.1. The van der Waals surface area contributed by atoms with Crippen molar-refractivity contribution in [2.75, 3.05) is 7.11 Å². The Kier molecular flexibility index (Phi) is 4.31. The molecule has 0 aliphatic rings. The van der Waals surface area contributed by atoms with Gasteiger partial charge in [-0.2, -0.15) is 10.5 Å².